The van der Waals surface area contributed by atoms with Crippen LogP contribution < -0.4 is 11.1 Å². The third-order valence-corrected chi connectivity index (χ3v) is 10.3. The molecule has 0 saturated carbocycles. The number of rotatable bonds is 10. The van der Waals surface area contributed by atoms with E-state index in [1.165, 1.54) is 7.11 Å². The fourth-order valence-electron chi connectivity index (χ4n) is 7.39. The number of amides is 3. The maximum absolute atomic E-state index is 13.8. The number of methoxy groups -OCH3 is 1. The zero-order valence-corrected chi connectivity index (χ0v) is 32.4. The summed E-state index contributed by atoms with van der Waals surface area (Å²) in [6, 6.07) is 24.7. The molecule has 4 N–H and O–H groups in total. The van der Waals surface area contributed by atoms with E-state index in [9.17, 15) is 14.4 Å². The fourth-order valence-corrected chi connectivity index (χ4v) is 7.39. The zero-order chi connectivity index (χ0) is 39.6. The number of amidine groups is 1. The van der Waals surface area contributed by atoms with E-state index in [1.54, 1.807) is 17.2 Å². The molecule has 3 atom stereocenters. The van der Waals surface area contributed by atoms with E-state index in [-0.39, 0.29) is 29.8 Å². The number of nitrogens with one attached hydrogen (secondary N) is 2. The van der Waals surface area contributed by atoms with Crippen LogP contribution in [-0.2, 0) is 14.3 Å². The number of hydrogen-bond acceptors (Lipinski definition) is 6. The van der Waals surface area contributed by atoms with Crippen LogP contribution in [-0.4, -0.2) is 75.8 Å². The number of allylic oxidation sites excluding steroid dienone is 2. The van der Waals surface area contributed by atoms with Gasteiger partial charge in [-0.25, -0.2) is 14.8 Å². The van der Waals surface area contributed by atoms with Crippen LogP contribution in [0.3, 0.4) is 0 Å². The highest BCUT2D eigenvalue weighted by Crippen LogP contribution is 2.35. The molecule has 0 spiro atoms. The van der Waals surface area contributed by atoms with Crippen LogP contribution in [0.15, 0.2) is 108 Å². The number of hydrogen-bond donors (Lipinski definition) is 3. The minimum absolute atomic E-state index is 0.0104. The standard InChI is InChI=1S/C45H49N7O4/c1-5-35(31-16-8-6-9-17-31)43(53)52-27-15-22-39(52)42-48-29-37(49-42)34-24-23-33(36(28-34)32-18-10-7-11-19-32)20-12-13-25-47-41(46)38-21-14-26-51(38)44(54)40(30(2)3)50-45(55)56-4/h5-11,13,16-19,23-25,28-30,38-40H,14-15,21-22,26-27H2,1-4H3,(H2,46,47)(H,48,49)(H,50,55)/b25-13+,35-5+/t38?,39-,40?/m0/s1. The highest BCUT2D eigenvalue weighted by atomic mass is 16.5. The molecule has 4 aromatic rings. The number of carbonyl (C=O) groups excluding carboxylic acids is 3. The van der Waals surface area contributed by atoms with Crippen LogP contribution in [0, 0.1) is 17.8 Å². The quantitative estimate of drug-likeness (QED) is 0.0682. The van der Waals surface area contributed by atoms with E-state index in [1.807, 2.05) is 98.6 Å². The molecule has 2 unspecified atom stereocenters. The number of aliphatic imine (C=N–C) groups is 1. The lowest BCUT2D eigenvalue weighted by Gasteiger charge is -2.30. The molecule has 2 aliphatic heterocycles. The molecule has 2 aliphatic rings. The van der Waals surface area contributed by atoms with Gasteiger partial charge in [-0.2, -0.15) is 0 Å². The van der Waals surface area contributed by atoms with Gasteiger partial charge in [0.15, 0.2) is 0 Å². The number of imidazole rings is 1. The van der Waals surface area contributed by atoms with Crippen molar-refractivity contribution in [2.75, 3.05) is 20.2 Å². The summed E-state index contributed by atoms with van der Waals surface area (Å²) in [6.07, 6.45) is 9.46. The Morgan fingerprint density at radius 2 is 1.70 bits per heavy atom. The first-order chi connectivity index (χ1) is 27.2. The van der Waals surface area contributed by atoms with Gasteiger partial charge in [-0.05, 0) is 67.3 Å². The van der Waals surface area contributed by atoms with Crippen molar-refractivity contribution in [1.29, 1.82) is 0 Å². The maximum atomic E-state index is 13.8. The van der Waals surface area contributed by atoms with Crippen molar-refractivity contribution in [1.82, 2.24) is 25.1 Å². The van der Waals surface area contributed by atoms with Crippen molar-refractivity contribution < 1.29 is 19.1 Å². The largest absolute Gasteiger partial charge is 0.453 e. The molecule has 6 rings (SSSR count). The topological polar surface area (TPSA) is 146 Å². The van der Waals surface area contributed by atoms with Crippen LogP contribution in [0.4, 0.5) is 4.79 Å². The van der Waals surface area contributed by atoms with Gasteiger partial charge >= 0.3 is 6.09 Å². The van der Waals surface area contributed by atoms with Crippen LogP contribution in [0.2, 0.25) is 0 Å². The number of carbonyl (C=O) groups is 3. The SMILES string of the molecule is C/C=C(/C(=O)N1CCC[C@H]1c1ncc(-c2ccc(C#C/C=C/N=C(\N)C3CCCN3C(=O)C(NC(=O)OC)C(C)C)c(-c3ccccc3)c2)[nH]1)c1ccccc1. The molecule has 0 aliphatic carbocycles. The van der Waals surface area contributed by atoms with Crippen molar-refractivity contribution >= 4 is 29.3 Å². The summed E-state index contributed by atoms with van der Waals surface area (Å²) in [7, 11) is 1.27. The van der Waals surface area contributed by atoms with E-state index in [4.69, 9.17) is 15.5 Å². The van der Waals surface area contributed by atoms with Gasteiger partial charge in [0.05, 0.1) is 31.1 Å². The van der Waals surface area contributed by atoms with E-state index >= 15 is 0 Å². The minimum atomic E-state index is -0.733. The van der Waals surface area contributed by atoms with Crippen molar-refractivity contribution in [2.45, 2.75) is 64.6 Å². The van der Waals surface area contributed by atoms with Gasteiger partial charge in [0.1, 0.15) is 17.7 Å². The number of nitrogens with zero attached hydrogens (tertiary/aromatic N) is 4. The summed E-state index contributed by atoms with van der Waals surface area (Å²) in [5, 5.41) is 2.65. The number of ether oxygens (including phenoxy) is 1. The molecule has 288 valence electrons. The smallest absolute Gasteiger partial charge is 0.407 e. The second-order valence-electron chi connectivity index (χ2n) is 14.2. The van der Waals surface area contributed by atoms with E-state index in [2.05, 4.69) is 45.3 Å². The lowest BCUT2D eigenvalue weighted by molar-refractivity contribution is -0.134. The van der Waals surface area contributed by atoms with Crippen molar-refractivity contribution in [3.05, 3.63) is 120 Å². The molecule has 3 aromatic carbocycles. The first-order valence-corrected chi connectivity index (χ1v) is 19.1. The molecule has 11 nitrogen and oxygen atoms in total. The molecule has 11 heteroatoms. The summed E-state index contributed by atoms with van der Waals surface area (Å²) in [5.74, 6) is 7.11. The highest BCUT2D eigenvalue weighted by Gasteiger charge is 2.37. The Hall–Kier alpha value is -6.41. The van der Waals surface area contributed by atoms with Crippen LogP contribution in [0.5, 0.6) is 0 Å². The Kier molecular flexibility index (Phi) is 12.8. The monoisotopic (exact) mass is 751 g/mol. The molecular weight excluding hydrogens is 703 g/mol. The summed E-state index contributed by atoms with van der Waals surface area (Å²) in [4.78, 5) is 55.4. The second-order valence-corrected chi connectivity index (χ2v) is 14.2. The Bertz CT molecular complexity index is 2180. The number of H-pyrrole nitrogens is 1. The van der Waals surface area contributed by atoms with E-state index in [0.717, 1.165) is 58.6 Å². The third-order valence-electron chi connectivity index (χ3n) is 10.3. The van der Waals surface area contributed by atoms with Gasteiger partial charge in [-0.15, -0.1) is 0 Å². The molecular formula is C45H49N7O4. The van der Waals surface area contributed by atoms with Gasteiger partial charge in [0.2, 0.25) is 5.91 Å². The number of aromatic nitrogens is 2. The predicted molar refractivity (Wildman–Crippen MR) is 220 cm³/mol. The number of benzene rings is 3. The van der Waals surface area contributed by atoms with Crippen LogP contribution in [0.1, 0.15) is 69.4 Å². The van der Waals surface area contributed by atoms with Gasteiger partial charge in [0, 0.05) is 42.1 Å². The molecule has 0 radical (unpaired) electrons. The molecule has 0 bridgehead atoms. The van der Waals surface area contributed by atoms with Crippen molar-refractivity contribution in [2.24, 2.45) is 16.6 Å². The molecule has 3 heterocycles. The predicted octanol–water partition coefficient (Wildman–Crippen LogP) is 7.10. The van der Waals surface area contributed by atoms with Crippen LogP contribution in [0.25, 0.3) is 28.0 Å². The second kappa shape index (κ2) is 18.3. The van der Waals surface area contributed by atoms with Crippen LogP contribution >= 0.6 is 0 Å². The minimum Gasteiger partial charge on any atom is -0.453 e. The fraction of sp³-hybridized carbons (Fsp3) is 0.311. The third kappa shape index (κ3) is 8.92. The van der Waals surface area contributed by atoms with Crippen molar-refractivity contribution in [3.8, 4) is 34.2 Å². The zero-order valence-electron chi connectivity index (χ0n) is 32.4. The normalized spacial score (nSPS) is 17.9. The highest BCUT2D eigenvalue weighted by molar-refractivity contribution is 6.19. The number of likely N-dealkylation sites (tertiary alicyclic amines) is 2. The number of alkyl carbamates (subject to hydrolysis) is 1. The molecule has 2 fully saturated rings. The molecule has 2 saturated heterocycles. The summed E-state index contributed by atoms with van der Waals surface area (Å²) in [6.45, 7) is 6.85. The Balaban J connectivity index is 1.19. The van der Waals surface area contributed by atoms with E-state index < -0.39 is 12.1 Å². The molecule has 56 heavy (non-hydrogen) atoms. The Morgan fingerprint density at radius 1 is 0.982 bits per heavy atom. The summed E-state index contributed by atoms with van der Waals surface area (Å²) in [5.41, 5.74) is 12.6. The lowest BCUT2D eigenvalue weighted by Crippen LogP contribution is -2.54. The Morgan fingerprint density at radius 3 is 2.41 bits per heavy atom. The van der Waals surface area contributed by atoms with Gasteiger partial charge in [0.25, 0.3) is 5.91 Å². The van der Waals surface area contributed by atoms with Gasteiger partial charge in [-0.3, -0.25) is 9.59 Å². The Labute approximate surface area is 328 Å². The number of nitrogens with two attached hydrogens (primary N) is 1. The summed E-state index contributed by atoms with van der Waals surface area (Å²) < 4.78 is 4.73. The first-order valence-electron chi connectivity index (χ1n) is 19.1. The molecule has 1 aromatic heterocycles. The van der Waals surface area contributed by atoms with Crippen molar-refractivity contribution in [3.63, 3.8) is 0 Å². The van der Waals surface area contributed by atoms with E-state index in [0.29, 0.717) is 30.9 Å². The summed E-state index contributed by atoms with van der Waals surface area (Å²) >= 11 is 0. The average Bonchev–Trinajstić information content (AvgIpc) is 4.02. The first kappa shape index (κ1) is 39.3. The molecule has 3 amide bonds. The van der Waals surface area contributed by atoms with Gasteiger partial charge in [-0.1, -0.05) is 98.5 Å². The van der Waals surface area contributed by atoms with Gasteiger partial charge < -0.3 is 30.6 Å². The number of aromatic amines is 1. The average molecular weight is 752 g/mol. The lowest BCUT2D eigenvalue weighted by atomic mass is 9.96. The maximum Gasteiger partial charge on any atom is 0.407 e.